The van der Waals surface area contributed by atoms with Gasteiger partial charge >= 0.3 is 6.03 Å². The summed E-state index contributed by atoms with van der Waals surface area (Å²) >= 11 is 5.40. The van der Waals surface area contributed by atoms with Crippen LogP contribution in [0.25, 0.3) is 0 Å². The average Bonchev–Trinajstić information content (AvgIpc) is 2.45. The summed E-state index contributed by atoms with van der Waals surface area (Å²) in [5.41, 5.74) is 0. The largest absolute Gasteiger partial charge is 0.340 e. The van der Waals surface area contributed by atoms with E-state index in [-0.39, 0.29) is 24.7 Å². The van der Waals surface area contributed by atoms with E-state index >= 15 is 0 Å². The van der Waals surface area contributed by atoms with Crippen LogP contribution in [0.5, 0.6) is 0 Å². The van der Waals surface area contributed by atoms with E-state index in [2.05, 4.69) is 10.6 Å². The van der Waals surface area contributed by atoms with Crippen molar-refractivity contribution in [3.05, 3.63) is 4.91 Å². The van der Waals surface area contributed by atoms with Gasteiger partial charge in [0.2, 0.25) is 10.0 Å². The van der Waals surface area contributed by atoms with Gasteiger partial charge < -0.3 is 5.32 Å². The Labute approximate surface area is 123 Å². The number of amides is 2. The molecule has 1 fully saturated rings. The second-order valence-electron chi connectivity index (χ2n) is 4.40. The lowest BCUT2D eigenvalue weighted by Crippen LogP contribution is -2.43. The number of alkyl halides is 1. The van der Waals surface area contributed by atoms with Crippen molar-refractivity contribution >= 4 is 27.7 Å². The minimum Gasteiger partial charge on any atom is -0.335 e. The van der Waals surface area contributed by atoms with Crippen LogP contribution in [0.15, 0.2) is 5.29 Å². The predicted molar refractivity (Wildman–Crippen MR) is 75.8 cm³/mol. The maximum absolute atomic E-state index is 12.0. The van der Waals surface area contributed by atoms with Gasteiger partial charge in [0.05, 0.1) is 17.6 Å². The lowest BCUT2D eigenvalue weighted by molar-refractivity contribution is 0.203. The summed E-state index contributed by atoms with van der Waals surface area (Å²) in [6.07, 6.45) is 2.77. The van der Waals surface area contributed by atoms with Crippen LogP contribution in [-0.4, -0.2) is 61.6 Å². The summed E-state index contributed by atoms with van der Waals surface area (Å²) in [5.74, 6) is -0.114. The van der Waals surface area contributed by atoms with Crippen molar-refractivity contribution in [2.24, 2.45) is 5.29 Å². The molecule has 0 aliphatic carbocycles. The first-order valence-electron chi connectivity index (χ1n) is 6.43. The van der Waals surface area contributed by atoms with Gasteiger partial charge in [-0.1, -0.05) is 6.42 Å². The van der Waals surface area contributed by atoms with Crippen LogP contribution in [0.1, 0.15) is 19.3 Å². The summed E-state index contributed by atoms with van der Waals surface area (Å²) in [6.45, 7) is 0.983. The molecule has 0 aromatic rings. The number of hydrogen-bond donors (Lipinski definition) is 1. The van der Waals surface area contributed by atoms with Gasteiger partial charge in [-0.2, -0.15) is 5.01 Å². The highest BCUT2D eigenvalue weighted by molar-refractivity contribution is 7.89. The van der Waals surface area contributed by atoms with E-state index in [0.717, 1.165) is 19.3 Å². The van der Waals surface area contributed by atoms with Crippen molar-refractivity contribution in [2.45, 2.75) is 19.3 Å². The number of nitrogens with one attached hydrogen (secondary N) is 1. The Morgan fingerprint density at radius 3 is 2.50 bits per heavy atom. The molecular weight excluding hydrogens is 308 g/mol. The number of nitroso groups, excluding NO2 is 1. The summed E-state index contributed by atoms with van der Waals surface area (Å²) in [4.78, 5) is 21.9. The van der Waals surface area contributed by atoms with E-state index in [4.69, 9.17) is 11.6 Å². The molecule has 1 saturated heterocycles. The first-order chi connectivity index (χ1) is 9.51. The highest BCUT2D eigenvalue weighted by Crippen LogP contribution is 2.12. The van der Waals surface area contributed by atoms with Crippen molar-refractivity contribution in [2.75, 3.05) is 37.8 Å². The molecule has 0 spiro atoms. The third kappa shape index (κ3) is 5.22. The van der Waals surface area contributed by atoms with Gasteiger partial charge in [-0.3, -0.25) is 0 Å². The molecule has 1 aliphatic rings. The molecule has 0 radical (unpaired) electrons. The van der Waals surface area contributed by atoms with E-state index in [1.807, 2.05) is 0 Å². The fourth-order valence-corrected chi connectivity index (χ4v) is 3.50. The van der Waals surface area contributed by atoms with Crippen molar-refractivity contribution < 1.29 is 13.2 Å². The minimum absolute atomic E-state index is 0.0181. The predicted octanol–water partition coefficient (Wildman–Crippen LogP) is 0.734. The van der Waals surface area contributed by atoms with Crippen molar-refractivity contribution in [1.82, 2.24) is 14.6 Å². The van der Waals surface area contributed by atoms with Crippen molar-refractivity contribution in [3.8, 4) is 0 Å². The topological polar surface area (TPSA) is 99.1 Å². The standard InChI is InChI=1S/C10H19ClN4O4S/c11-4-8-15(13-17)10(16)12-5-9-20(18,19)14-6-2-1-3-7-14/h1-9H2,(H,12,16). The number of carbonyl (C=O) groups is 1. The first-order valence-corrected chi connectivity index (χ1v) is 8.58. The van der Waals surface area contributed by atoms with Crippen LogP contribution < -0.4 is 5.32 Å². The molecule has 116 valence electrons. The molecule has 0 saturated carbocycles. The fraction of sp³-hybridized carbons (Fsp3) is 0.900. The number of sulfonamides is 1. The zero-order valence-corrected chi connectivity index (χ0v) is 12.7. The monoisotopic (exact) mass is 326 g/mol. The summed E-state index contributed by atoms with van der Waals surface area (Å²) < 4.78 is 25.4. The molecule has 0 atom stereocenters. The first kappa shape index (κ1) is 17.1. The smallest absolute Gasteiger partial charge is 0.335 e. The second kappa shape index (κ2) is 8.38. The van der Waals surface area contributed by atoms with E-state index in [1.54, 1.807) is 0 Å². The minimum atomic E-state index is -3.36. The Hall–Kier alpha value is -0.930. The number of hydrogen-bond acceptors (Lipinski definition) is 5. The van der Waals surface area contributed by atoms with Crippen molar-refractivity contribution in [1.29, 1.82) is 0 Å². The number of nitrogens with zero attached hydrogens (tertiary/aromatic N) is 3. The Kier molecular flexibility index (Phi) is 7.17. The number of urea groups is 1. The molecule has 0 aromatic heterocycles. The zero-order valence-electron chi connectivity index (χ0n) is 11.1. The van der Waals surface area contributed by atoms with Gasteiger partial charge in [-0.15, -0.1) is 16.5 Å². The highest BCUT2D eigenvalue weighted by atomic mass is 35.5. The fourth-order valence-electron chi connectivity index (χ4n) is 1.91. The maximum Gasteiger partial charge on any atom is 0.340 e. The van der Waals surface area contributed by atoms with E-state index < -0.39 is 16.1 Å². The zero-order chi connectivity index (χ0) is 15.0. The SMILES string of the molecule is O=NN(CCCl)C(=O)NCCS(=O)(=O)N1CCCCC1. The van der Waals surface area contributed by atoms with Crippen LogP contribution in [0, 0.1) is 4.91 Å². The highest BCUT2D eigenvalue weighted by Gasteiger charge is 2.24. The summed E-state index contributed by atoms with van der Waals surface area (Å²) in [5, 5.41) is 5.48. The normalized spacial score (nSPS) is 16.6. The van der Waals surface area contributed by atoms with E-state index in [1.165, 1.54) is 4.31 Å². The van der Waals surface area contributed by atoms with Crippen molar-refractivity contribution in [3.63, 3.8) is 0 Å². The molecule has 1 rings (SSSR count). The van der Waals surface area contributed by atoms with Gasteiger partial charge in [-0.25, -0.2) is 17.5 Å². The van der Waals surface area contributed by atoms with E-state index in [0.29, 0.717) is 18.1 Å². The molecule has 1 N–H and O–H groups in total. The average molecular weight is 327 g/mol. The molecule has 0 aromatic carbocycles. The molecule has 1 heterocycles. The molecule has 0 unspecified atom stereocenters. The van der Waals surface area contributed by atoms with Gasteiger partial charge in [0.15, 0.2) is 0 Å². The van der Waals surface area contributed by atoms with Gasteiger partial charge in [-0.05, 0) is 12.8 Å². The number of halogens is 1. The van der Waals surface area contributed by atoms with E-state index in [9.17, 15) is 18.1 Å². The van der Waals surface area contributed by atoms with Gasteiger partial charge in [0.1, 0.15) is 0 Å². The Balaban J connectivity index is 2.38. The quantitative estimate of drug-likeness (QED) is 0.423. The molecule has 0 bridgehead atoms. The van der Waals surface area contributed by atoms with Crippen LogP contribution in [-0.2, 0) is 10.0 Å². The number of carbonyl (C=O) groups excluding carboxylic acids is 1. The molecule has 2 amide bonds. The molecule has 10 heteroatoms. The van der Waals surface area contributed by atoms with Crippen LogP contribution in [0.4, 0.5) is 4.79 Å². The summed E-state index contributed by atoms with van der Waals surface area (Å²) in [7, 11) is -3.36. The molecule has 20 heavy (non-hydrogen) atoms. The Morgan fingerprint density at radius 1 is 1.30 bits per heavy atom. The van der Waals surface area contributed by atoms with Crippen LogP contribution in [0.2, 0.25) is 0 Å². The number of rotatable bonds is 7. The molecular formula is C10H19ClN4O4S. The molecule has 8 nitrogen and oxygen atoms in total. The van der Waals surface area contributed by atoms with Gasteiger partial charge in [0.25, 0.3) is 0 Å². The van der Waals surface area contributed by atoms with Crippen LogP contribution in [0.3, 0.4) is 0 Å². The van der Waals surface area contributed by atoms with Crippen LogP contribution >= 0.6 is 11.6 Å². The second-order valence-corrected chi connectivity index (χ2v) is 6.87. The lowest BCUT2D eigenvalue weighted by atomic mass is 10.2. The Morgan fingerprint density at radius 2 is 1.95 bits per heavy atom. The number of piperidine rings is 1. The summed E-state index contributed by atoms with van der Waals surface area (Å²) in [6, 6.07) is -0.741. The third-order valence-electron chi connectivity index (χ3n) is 2.97. The third-order valence-corrected chi connectivity index (χ3v) is 5.01. The lowest BCUT2D eigenvalue weighted by Gasteiger charge is -2.25. The van der Waals surface area contributed by atoms with Gasteiger partial charge in [0, 0.05) is 25.5 Å². The Bertz CT molecular complexity index is 425. The maximum atomic E-state index is 12.0. The molecule has 1 aliphatic heterocycles.